The fourth-order valence-corrected chi connectivity index (χ4v) is 5.58. The zero-order chi connectivity index (χ0) is 31.2. The van der Waals surface area contributed by atoms with Crippen molar-refractivity contribution in [2.75, 3.05) is 5.32 Å². The molecule has 0 aliphatic carbocycles. The van der Waals surface area contributed by atoms with Gasteiger partial charge in [0.05, 0.1) is 47.5 Å². The molecule has 2 atom stereocenters. The van der Waals surface area contributed by atoms with Crippen molar-refractivity contribution in [3.63, 3.8) is 0 Å². The van der Waals surface area contributed by atoms with Crippen molar-refractivity contribution < 1.29 is 8.91 Å². The molecule has 4 heterocycles. The molecule has 6 rings (SSSR count). The molecule has 1 aliphatic rings. The Morgan fingerprint density at radius 1 is 1.15 bits per heavy atom. The Balaban J connectivity index is 1.46. The third-order valence-corrected chi connectivity index (χ3v) is 7.85. The van der Waals surface area contributed by atoms with Gasteiger partial charge in [0.1, 0.15) is 4.60 Å². The van der Waals surface area contributed by atoms with Crippen molar-refractivity contribution in [1.29, 1.82) is 0 Å². The van der Waals surface area contributed by atoms with Crippen molar-refractivity contribution in [2.24, 2.45) is 12.9 Å². The Hall–Kier alpha value is -4.09. The van der Waals surface area contributed by atoms with Crippen LogP contribution in [0.15, 0.2) is 76.6 Å². The van der Waals surface area contributed by atoms with E-state index in [1.807, 2.05) is 19.1 Å². The minimum absolute atomic E-state index is 0.232. The van der Waals surface area contributed by atoms with E-state index >= 15 is 0 Å². The Kier molecular flexibility index (Phi) is 6.36. The summed E-state index contributed by atoms with van der Waals surface area (Å²) >= 11 is 9.64. The summed E-state index contributed by atoms with van der Waals surface area (Å²) in [4.78, 5) is 31.5. The van der Waals surface area contributed by atoms with Gasteiger partial charge in [0.2, 0.25) is 5.91 Å². The number of carbonyl (C=O) groups is 1. The van der Waals surface area contributed by atoms with E-state index in [2.05, 4.69) is 41.6 Å². The van der Waals surface area contributed by atoms with E-state index in [4.69, 9.17) is 15.7 Å². The lowest BCUT2D eigenvalue weighted by Crippen LogP contribution is -2.26. The topological polar surface area (TPSA) is 113 Å². The lowest BCUT2D eigenvalue weighted by molar-refractivity contribution is -0.119. The fraction of sp³-hybridized carbons (Fsp3) is 0.241. The summed E-state index contributed by atoms with van der Waals surface area (Å²) in [5.74, 6) is -0.586. The molecule has 0 radical (unpaired) electrons. The van der Waals surface area contributed by atoms with Gasteiger partial charge in [-0.1, -0.05) is 48.4 Å². The van der Waals surface area contributed by atoms with Crippen LogP contribution in [0.25, 0.3) is 28.2 Å². The van der Waals surface area contributed by atoms with Crippen molar-refractivity contribution in [3.8, 4) is 28.2 Å². The van der Waals surface area contributed by atoms with Crippen LogP contribution in [-0.2, 0) is 11.8 Å². The molecule has 1 aliphatic heterocycles. The zero-order valence-corrected chi connectivity index (χ0v) is 24.2. The van der Waals surface area contributed by atoms with Gasteiger partial charge >= 0.3 is 0 Å². The van der Waals surface area contributed by atoms with Crippen LogP contribution in [0.2, 0.25) is 5.02 Å². The summed E-state index contributed by atoms with van der Waals surface area (Å²) in [6.07, 6.45) is 6.32. The highest BCUT2D eigenvalue weighted by molar-refractivity contribution is 9.10. The van der Waals surface area contributed by atoms with Crippen molar-refractivity contribution >= 4 is 39.1 Å². The molecule has 5 aromatic rings. The van der Waals surface area contributed by atoms with Gasteiger partial charge in [-0.2, -0.15) is 5.10 Å². The fourth-order valence-electron chi connectivity index (χ4n) is 5.15. The van der Waals surface area contributed by atoms with Crippen LogP contribution in [0.4, 0.5) is 5.69 Å². The van der Waals surface area contributed by atoms with Gasteiger partial charge in [0, 0.05) is 39.2 Å². The van der Waals surface area contributed by atoms with Gasteiger partial charge in [-0.25, -0.2) is 9.67 Å². The Morgan fingerprint density at radius 2 is 2.02 bits per heavy atom. The molecular weight excluding hydrogens is 608 g/mol. The molecular formula is C29H26BrClN8O2. The smallest absolute Gasteiger partial charge is 0.254 e. The molecule has 0 unspecified atom stereocenters. The number of rotatable bonds is 3. The van der Waals surface area contributed by atoms with Crippen LogP contribution in [0, 0.1) is 5.92 Å². The number of amides is 1. The molecule has 0 fully saturated rings. The number of halogens is 2. The third kappa shape index (κ3) is 5.34. The largest absolute Gasteiger partial charge is 0.323 e. The molecule has 2 bridgehead atoms. The van der Waals surface area contributed by atoms with E-state index in [-0.39, 0.29) is 23.1 Å². The van der Waals surface area contributed by atoms with E-state index in [9.17, 15) is 9.59 Å². The number of benzene rings is 2. The molecule has 208 valence electrons. The van der Waals surface area contributed by atoms with E-state index < -0.39 is 13.0 Å². The van der Waals surface area contributed by atoms with Crippen LogP contribution in [0.1, 0.15) is 41.9 Å². The van der Waals surface area contributed by atoms with E-state index in [1.165, 1.54) is 18.6 Å². The number of hydrogen-bond donors (Lipinski definition) is 1. The van der Waals surface area contributed by atoms with Gasteiger partial charge < -0.3 is 5.32 Å². The SMILES string of the molecule is [2H]C([2H])([2H])n1ncc2c1-c1cccc(c1)[C@@H](n1cnc(-c3cc(Cl)ccc3-n3cc(Br)nn3)cc1=O)CCC[C@@H](C)C(=O)N2. The maximum Gasteiger partial charge on any atom is 0.254 e. The quantitative estimate of drug-likeness (QED) is 0.274. The predicted molar refractivity (Wildman–Crippen MR) is 160 cm³/mol. The summed E-state index contributed by atoms with van der Waals surface area (Å²) in [6.45, 7) is -0.753. The molecule has 1 amide bonds. The summed E-state index contributed by atoms with van der Waals surface area (Å²) in [7, 11) is 0. The molecule has 0 spiro atoms. The maximum absolute atomic E-state index is 13.8. The minimum Gasteiger partial charge on any atom is -0.323 e. The number of fused-ring (bicyclic) bond motifs is 4. The van der Waals surface area contributed by atoms with Crippen molar-refractivity contribution in [2.45, 2.75) is 32.2 Å². The molecule has 10 nitrogen and oxygen atoms in total. The van der Waals surface area contributed by atoms with Gasteiger partial charge in [-0.15, -0.1) is 5.10 Å². The first kappa shape index (κ1) is 23.6. The maximum atomic E-state index is 13.8. The summed E-state index contributed by atoms with van der Waals surface area (Å²) in [6, 6.07) is 13.5. The standard InChI is InChI=1S/C29H26BrClN8O2/c1-17-5-3-8-24(18-6-4-7-19(11-18)28-23(34-29(17)41)14-33-37(28)2)38-16-32-22(13-27(38)40)21-12-20(31)9-10-25(21)39-15-26(30)35-36-39/h4,6-7,9-17,24H,3,5,8H2,1-2H3,(H,34,41)/t17-,24+/m1/s1/i2D3. The summed E-state index contributed by atoms with van der Waals surface area (Å²) < 4.78 is 28.7. The number of hydrogen-bond acceptors (Lipinski definition) is 6. The second kappa shape index (κ2) is 11.1. The van der Waals surface area contributed by atoms with Gasteiger partial charge in [-0.05, 0) is 58.6 Å². The highest BCUT2D eigenvalue weighted by Crippen LogP contribution is 2.34. The first-order valence-corrected chi connectivity index (χ1v) is 14.1. The number of aromatic nitrogens is 7. The van der Waals surface area contributed by atoms with Crippen LogP contribution in [0.5, 0.6) is 0 Å². The van der Waals surface area contributed by atoms with Crippen LogP contribution >= 0.6 is 27.5 Å². The lowest BCUT2D eigenvalue weighted by Gasteiger charge is -2.23. The molecule has 0 saturated carbocycles. The third-order valence-electron chi connectivity index (χ3n) is 7.25. The van der Waals surface area contributed by atoms with E-state index in [0.29, 0.717) is 57.1 Å². The number of anilines is 1. The van der Waals surface area contributed by atoms with Crippen LogP contribution in [-0.4, -0.2) is 40.2 Å². The second-order valence-electron chi connectivity index (χ2n) is 9.95. The van der Waals surface area contributed by atoms with Crippen molar-refractivity contribution in [1.82, 2.24) is 34.3 Å². The normalized spacial score (nSPS) is 18.7. The number of aryl methyl sites for hydroxylation is 1. The molecule has 12 heteroatoms. The van der Waals surface area contributed by atoms with Gasteiger partial charge in [0.25, 0.3) is 5.56 Å². The van der Waals surface area contributed by atoms with Crippen LogP contribution < -0.4 is 10.9 Å². The zero-order valence-electron chi connectivity index (χ0n) is 24.8. The highest BCUT2D eigenvalue weighted by atomic mass is 79.9. The lowest BCUT2D eigenvalue weighted by atomic mass is 9.94. The average Bonchev–Trinajstić information content (AvgIpc) is 3.61. The van der Waals surface area contributed by atoms with Crippen LogP contribution in [0.3, 0.4) is 0 Å². The number of carbonyl (C=O) groups excluding carboxylic acids is 1. The van der Waals surface area contributed by atoms with E-state index in [1.54, 1.807) is 45.8 Å². The van der Waals surface area contributed by atoms with Gasteiger partial charge in [-0.3, -0.25) is 18.8 Å². The Morgan fingerprint density at radius 3 is 2.80 bits per heavy atom. The average molecular weight is 637 g/mol. The summed E-state index contributed by atoms with van der Waals surface area (Å²) in [5.41, 5.74) is 3.28. The summed E-state index contributed by atoms with van der Waals surface area (Å²) in [5, 5.41) is 15.5. The highest BCUT2D eigenvalue weighted by Gasteiger charge is 2.23. The van der Waals surface area contributed by atoms with Gasteiger partial charge in [0.15, 0.2) is 0 Å². The first-order valence-electron chi connectivity index (χ1n) is 14.5. The van der Waals surface area contributed by atoms with Crippen molar-refractivity contribution in [3.05, 3.63) is 92.8 Å². The second-order valence-corrected chi connectivity index (χ2v) is 11.2. The monoisotopic (exact) mass is 635 g/mol. The molecule has 41 heavy (non-hydrogen) atoms. The molecule has 1 N–H and O–H groups in total. The number of nitrogens with zero attached hydrogens (tertiary/aromatic N) is 7. The first-order chi connectivity index (χ1) is 21.0. The number of nitrogens with one attached hydrogen (secondary N) is 1. The van der Waals surface area contributed by atoms with E-state index in [0.717, 1.165) is 10.2 Å². The molecule has 2 aromatic carbocycles. The Labute approximate surface area is 253 Å². The molecule has 0 saturated heterocycles. The minimum atomic E-state index is -2.57. The Bertz CT molecular complexity index is 1940. The molecule has 3 aromatic heterocycles. The predicted octanol–water partition coefficient (Wildman–Crippen LogP) is 5.66.